The zero-order valence-corrected chi connectivity index (χ0v) is 6.11. The summed E-state index contributed by atoms with van der Waals surface area (Å²) in [7, 11) is 0. The maximum absolute atomic E-state index is 10.7. The second-order valence-corrected chi connectivity index (χ2v) is 2.34. The maximum atomic E-state index is 10.7. The van der Waals surface area contributed by atoms with Crippen LogP contribution in [0.25, 0.3) is 11.0 Å². The number of rotatable bonds is 1. The van der Waals surface area contributed by atoms with Crippen LogP contribution in [0.4, 0.5) is 0 Å². The van der Waals surface area contributed by atoms with Crippen LogP contribution in [0.3, 0.4) is 0 Å². The van der Waals surface area contributed by atoms with Crippen LogP contribution >= 0.6 is 0 Å². The summed E-state index contributed by atoms with van der Waals surface area (Å²) in [6, 6.07) is 1.73. The Labute approximate surface area is 67.6 Å². The van der Waals surface area contributed by atoms with Crippen LogP contribution in [0.15, 0.2) is 18.5 Å². The molecule has 12 heavy (non-hydrogen) atoms. The molecular weight excluding hydrogens is 156 g/mol. The second kappa shape index (κ2) is 2.30. The van der Waals surface area contributed by atoms with Crippen molar-refractivity contribution in [3.8, 4) is 0 Å². The lowest BCUT2D eigenvalue weighted by atomic mass is 10.4. The topological polar surface area (TPSA) is 84.7 Å². The fourth-order valence-corrected chi connectivity index (χ4v) is 0.974. The van der Waals surface area contributed by atoms with Crippen LogP contribution in [0.5, 0.6) is 0 Å². The summed E-state index contributed by atoms with van der Waals surface area (Å²) in [6.07, 6.45) is 3.18. The minimum atomic E-state index is -0.564. The highest BCUT2D eigenvalue weighted by Crippen LogP contribution is 2.07. The van der Waals surface area contributed by atoms with Crippen molar-refractivity contribution in [1.29, 1.82) is 0 Å². The third kappa shape index (κ3) is 0.914. The molecule has 0 aliphatic heterocycles. The van der Waals surface area contributed by atoms with E-state index in [4.69, 9.17) is 5.73 Å². The minimum absolute atomic E-state index is 0.165. The first kappa shape index (κ1) is 6.78. The fourth-order valence-electron chi connectivity index (χ4n) is 0.974. The molecule has 2 heterocycles. The number of aromatic amines is 1. The van der Waals surface area contributed by atoms with E-state index in [-0.39, 0.29) is 5.82 Å². The number of imidazole rings is 1. The van der Waals surface area contributed by atoms with Crippen molar-refractivity contribution < 1.29 is 4.79 Å². The van der Waals surface area contributed by atoms with Crippen molar-refractivity contribution in [2.45, 2.75) is 0 Å². The van der Waals surface area contributed by atoms with Gasteiger partial charge in [0, 0.05) is 6.20 Å². The average Bonchev–Trinajstić information content (AvgIpc) is 2.46. The Morgan fingerprint density at radius 3 is 3.08 bits per heavy atom. The SMILES string of the molecule is NC(=O)c1nc2cnccc2[nH]1. The fraction of sp³-hybridized carbons (Fsp3) is 0. The number of carbonyl (C=O) groups is 1. The summed E-state index contributed by atoms with van der Waals surface area (Å²) in [6.45, 7) is 0. The highest BCUT2D eigenvalue weighted by atomic mass is 16.1. The van der Waals surface area contributed by atoms with Crippen LogP contribution in [0, 0.1) is 0 Å². The van der Waals surface area contributed by atoms with E-state index >= 15 is 0 Å². The summed E-state index contributed by atoms with van der Waals surface area (Å²) in [5.74, 6) is -0.399. The van der Waals surface area contributed by atoms with Crippen LogP contribution in [-0.2, 0) is 0 Å². The zero-order chi connectivity index (χ0) is 8.55. The van der Waals surface area contributed by atoms with E-state index < -0.39 is 5.91 Å². The number of hydrogen-bond donors (Lipinski definition) is 2. The molecule has 0 radical (unpaired) electrons. The van der Waals surface area contributed by atoms with Crippen molar-refractivity contribution >= 4 is 16.9 Å². The van der Waals surface area contributed by atoms with E-state index in [9.17, 15) is 4.79 Å². The lowest BCUT2D eigenvalue weighted by Gasteiger charge is -1.82. The molecule has 5 nitrogen and oxygen atoms in total. The van der Waals surface area contributed by atoms with Gasteiger partial charge in [0.05, 0.1) is 11.7 Å². The van der Waals surface area contributed by atoms with Crippen LogP contribution < -0.4 is 5.73 Å². The predicted molar refractivity (Wildman–Crippen MR) is 42.4 cm³/mol. The number of aromatic nitrogens is 3. The summed E-state index contributed by atoms with van der Waals surface area (Å²) in [5.41, 5.74) is 6.43. The molecule has 60 valence electrons. The number of H-pyrrole nitrogens is 1. The quantitative estimate of drug-likeness (QED) is 0.621. The van der Waals surface area contributed by atoms with Crippen molar-refractivity contribution in [3.05, 3.63) is 24.3 Å². The number of fused-ring (bicyclic) bond motifs is 1. The molecule has 0 spiro atoms. The van der Waals surface area contributed by atoms with Gasteiger partial charge >= 0.3 is 0 Å². The zero-order valence-electron chi connectivity index (χ0n) is 6.11. The Balaban J connectivity index is 2.70. The van der Waals surface area contributed by atoms with E-state index in [1.165, 1.54) is 0 Å². The number of amides is 1. The Morgan fingerprint density at radius 2 is 2.42 bits per heavy atom. The molecular formula is C7H6N4O. The highest BCUT2D eigenvalue weighted by molar-refractivity contribution is 5.92. The van der Waals surface area contributed by atoms with Gasteiger partial charge in [-0.2, -0.15) is 0 Å². The smallest absolute Gasteiger partial charge is 0.284 e. The molecule has 2 rings (SSSR count). The summed E-state index contributed by atoms with van der Waals surface area (Å²) < 4.78 is 0. The van der Waals surface area contributed by atoms with Gasteiger partial charge in [-0.1, -0.05) is 0 Å². The number of pyridine rings is 1. The summed E-state index contributed by atoms with van der Waals surface area (Å²) >= 11 is 0. The number of nitrogens with one attached hydrogen (secondary N) is 1. The standard InChI is InChI=1S/C7H6N4O/c8-6(12)7-10-4-1-2-9-3-5(4)11-7/h1-3H,(H2,8,12)(H,10,11). The van der Waals surface area contributed by atoms with Gasteiger partial charge in [-0.3, -0.25) is 9.78 Å². The van der Waals surface area contributed by atoms with E-state index in [1.54, 1.807) is 18.5 Å². The third-order valence-electron chi connectivity index (χ3n) is 1.52. The van der Waals surface area contributed by atoms with Gasteiger partial charge in [-0.05, 0) is 6.07 Å². The van der Waals surface area contributed by atoms with E-state index in [0.717, 1.165) is 5.52 Å². The van der Waals surface area contributed by atoms with Crippen molar-refractivity contribution in [1.82, 2.24) is 15.0 Å². The molecule has 0 aliphatic rings. The van der Waals surface area contributed by atoms with Gasteiger partial charge in [0.25, 0.3) is 5.91 Å². The molecule has 0 unspecified atom stereocenters. The maximum Gasteiger partial charge on any atom is 0.284 e. The molecule has 0 atom stereocenters. The molecule has 0 saturated heterocycles. The summed E-state index contributed by atoms with van der Waals surface area (Å²) in [5, 5.41) is 0. The van der Waals surface area contributed by atoms with E-state index in [1.807, 2.05) is 0 Å². The molecule has 5 heteroatoms. The number of nitrogens with zero attached hydrogens (tertiary/aromatic N) is 2. The largest absolute Gasteiger partial charge is 0.363 e. The van der Waals surface area contributed by atoms with Crippen molar-refractivity contribution in [3.63, 3.8) is 0 Å². The normalized spacial score (nSPS) is 10.3. The molecule has 0 aliphatic carbocycles. The van der Waals surface area contributed by atoms with Crippen LogP contribution in [-0.4, -0.2) is 20.9 Å². The van der Waals surface area contributed by atoms with Gasteiger partial charge in [-0.25, -0.2) is 4.98 Å². The number of primary amides is 1. The molecule has 0 saturated carbocycles. The molecule has 2 aromatic rings. The number of nitrogens with two attached hydrogens (primary N) is 1. The predicted octanol–water partition coefficient (Wildman–Crippen LogP) is 0.0568. The van der Waals surface area contributed by atoms with Crippen LogP contribution in [0.1, 0.15) is 10.6 Å². The first-order chi connectivity index (χ1) is 5.77. The van der Waals surface area contributed by atoms with E-state index in [2.05, 4.69) is 15.0 Å². The monoisotopic (exact) mass is 162 g/mol. The Kier molecular flexibility index (Phi) is 1.30. The summed E-state index contributed by atoms with van der Waals surface area (Å²) in [4.78, 5) is 21.2. The van der Waals surface area contributed by atoms with Gasteiger partial charge in [-0.15, -0.1) is 0 Å². The Morgan fingerprint density at radius 1 is 1.58 bits per heavy atom. The molecule has 0 bridgehead atoms. The van der Waals surface area contributed by atoms with E-state index in [0.29, 0.717) is 5.52 Å². The molecule has 2 aromatic heterocycles. The molecule has 0 aromatic carbocycles. The first-order valence-electron chi connectivity index (χ1n) is 3.37. The second-order valence-electron chi connectivity index (χ2n) is 2.34. The first-order valence-corrected chi connectivity index (χ1v) is 3.37. The molecule has 3 N–H and O–H groups in total. The third-order valence-corrected chi connectivity index (χ3v) is 1.52. The number of carbonyl (C=O) groups excluding carboxylic acids is 1. The van der Waals surface area contributed by atoms with Crippen LogP contribution in [0.2, 0.25) is 0 Å². The molecule has 1 amide bonds. The van der Waals surface area contributed by atoms with Gasteiger partial charge in [0.15, 0.2) is 5.82 Å². The highest BCUT2D eigenvalue weighted by Gasteiger charge is 2.05. The van der Waals surface area contributed by atoms with Gasteiger partial charge in [0.1, 0.15) is 5.52 Å². The minimum Gasteiger partial charge on any atom is -0.363 e. The lowest BCUT2D eigenvalue weighted by Crippen LogP contribution is -2.12. The molecule has 0 fully saturated rings. The van der Waals surface area contributed by atoms with Gasteiger partial charge < -0.3 is 10.7 Å². The Bertz CT molecular complexity index is 401. The van der Waals surface area contributed by atoms with Crippen molar-refractivity contribution in [2.24, 2.45) is 5.73 Å². The van der Waals surface area contributed by atoms with Crippen molar-refractivity contribution in [2.75, 3.05) is 0 Å². The number of hydrogen-bond acceptors (Lipinski definition) is 3. The average molecular weight is 162 g/mol. The Hall–Kier alpha value is -1.91. The van der Waals surface area contributed by atoms with Gasteiger partial charge in [0.2, 0.25) is 0 Å². The lowest BCUT2D eigenvalue weighted by molar-refractivity contribution is 0.0991.